The molecule has 21 heavy (non-hydrogen) atoms. The fourth-order valence-corrected chi connectivity index (χ4v) is 1.99. The Morgan fingerprint density at radius 1 is 1.33 bits per heavy atom. The summed E-state index contributed by atoms with van der Waals surface area (Å²) in [6, 6.07) is 5.88. The molecule has 0 bridgehead atoms. The van der Waals surface area contributed by atoms with Gasteiger partial charge in [-0.1, -0.05) is 44.0 Å². The molecule has 2 N–H and O–H groups in total. The maximum atomic E-state index is 12.1. The Bertz CT molecular complexity index is 490. The van der Waals surface area contributed by atoms with Crippen LogP contribution in [0.3, 0.4) is 0 Å². The molecule has 0 unspecified atom stereocenters. The molecule has 116 valence electrons. The highest BCUT2D eigenvalue weighted by molar-refractivity contribution is 6.30. The van der Waals surface area contributed by atoms with Crippen molar-refractivity contribution in [3.05, 3.63) is 34.9 Å². The first kappa shape index (κ1) is 17.3. The number of aliphatic carboxylic acids is 1. The minimum atomic E-state index is -1.02. The number of hydrogen-bond acceptors (Lipinski definition) is 2. The average Bonchev–Trinajstić information content (AvgIpc) is 2.45. The van der Waals surface area contributed by atoms with Gasteiger partial charge in [-0.2, -0.15) is 0 Å². The van der Waals surface area contributed by atoms with Crippen molar-refractivity contribution in [3.8, 4) is 0 Å². The fourth-order valence-electron chi connectivity index (χ4n) is 1.86. The van der Waals surface area contributed by atoms with Crippen molar-refractivity contribution in [2.75, 3.05) is 7.05 Å². The lowest BCUT2D eigenvalue weighted by molar-refractivity contribution is -0.140. The zero-order valence-corrected chi connectivity index (χ0v) is 13.2. The van der Waals surface area contributed by atoms with Crippen LogP contribution in [0.25, 0.3) is 0 Å². The number of carbonyl (C=O) groups excluding carboxylic acids is 1. The minimum absolute atomic E-state index is 0.129. The van der Waals surface area contributed by atoms with Gasteiger partial charge in [0.1, 0.15) is 6.04 Å². The molecule has 0 fully saturated rings. The Hall–Kier alpha value is -1.75. The predicted octanol–water partition coefficient (Wildman–Crippen LogP) is 2.98. The molecule has 0 saturated heterocycles. The molecular formula is C15H21ClN2O3. The summed E-state index contributed by atoms with van der Waals surface area (Å²) in [5.74, 6) is -1.15. The zero-order valence-electron chi connectivity index (χ0n) is 12.5. The summed E-state index contributed by atoms with van der Waals surface area (Å²) >= 11 is 5.81. The van der Waals surface area contributed by atoms with Gasteiger partial charge in [0, 0.05) is 18.6 Å². The van der Waals surface area contributed by atoms with Crippen LogP contribution in [0.1, 0.15) is 25.8 Å². The Kier molecular flexibility index (Phi) is 6.49. The molecule has 2 amide bonds. The summed E-state index contributed by atoms with van der Waals surface area (Å²) in [6.45, 7) is 4.08. The Labute approximate surface area is 129 Å². The second-order valence-electron chi connectivity index (χ2n) is 5.13. The lowest BCUT2D eigenvalue weighted by Crippen LogP contribution is -2.49. The van der Waals surface area contributed by atoms with E-state index in [0.717, 1.165) is 5.56 Å². The molecular weight excluding hydrogens is 292 g/mol. The van der Waals surface area contributed by atoms with Gasteiger partial charge in [-0.25, -0.2) is 9.59 Å². The number of rotatable bonds is 6. The van der Waals surface area contributed by atoms with Gasteiger partial charge in [0.25, 0.3) is 0 Å². The summed E-state index contributed by atoms with van der Waals surface area (Å²) in [4.78, 5) is 24.7. The van der Waals surface area contributed by atoms with E-state index >= 15 is 0 Å². The van der Waals surface area contributed by atoms with Crippen molar-refractivity contribution >= 4 is 23.6 Å². The lowest BCUT2D eigenvalue weighted by Gasteiger charge is -2.24. The lowest BCUT2D eigenvalue weighted by atomic mass is 9.99. The van der Waals surface area contributed by atoms with Crippen LogP contribution in [0, 0.1) is 5.92 Å². The number of urea groups is 1. The standard InChI is InChI=1S/C15H21ClN2O3/c1-4-10(2)13(14(19)20)17-15(21)18(3)9-11-5-7-12(16)8-6-11/h5-8,10,13H,4,9H2,1-3H3,(H,17,21)(H,19,20)/t10-,13-/m0/s1. The molecule has 0 aliphatic heterocycles. The SMILES string of the molecule is CC[C@H](C)[C@H](NC(=O)N(C)Cc1ccc(Cl)cc1)C(=O)O. The minimum Gasteiger partial charge on any atom is -0.480 e. The number of halogens is 1. The Morgan fingerprint density at radius 3 is 2.38 bits per heavy atom. The van der Waals surface area contributed by atoms with E-state index in [-0.39, 0.29) is 5.92 Å². The third-order valence-corrected chi connectivity index (χ3v) is 3.69. The maximum Gasteiger partial charge on any atom is 0.326 e. The van der Waals surface area contributed by atoms with Crippen LogP contribution in [0.2, 0.25) is 5.02 Å². The normalized spacial score (nSPS) is 13.3. The molecule has 2 atom stereocenters. The van der Waals surface area contributed by atoms with E-state index in [9.17, 15) is 14.7 Å². The molecule has 0 heterocycles. The Balaban J connectivity index is 2.64. The highest BCUT2D eigenvalue weighted by Crippen LogP contribution is 2.12. The molecule has 1 rings (SSSR count). The van der Waals surface area contributed by atoms with Gasteiger partial charge in [0.2, 0.25) is 0 Å². The number of carboxylic acids is 1. The first-order chi connectivity index (χ1) is 9.85. The smallest absolute Gasteiger partial charge is 0.326 e. The second-order valence-corrected chi connectivity index (χ2v) is 5.57. The molecule has 6 heteroatoms. The number of amides is 2. The first-order valence-electron chi connectivity index (χ1n) is 6.84. The third kappa shape index (κ3) is 5.27. The van der Waals surface area contributed by atoms with Crippen molar-refractivity contribution in [3.63, 3.8) is 0 Å². The van der Waals surface area contributed by atoms with Crippen LogP contribution in [0.5, 0.6) is 0 Å². The van der Waals surface area contributed by atoms with Crippen LogP contribution >= 0.6 is 11.6 Å². The van der Waals surface area contributed by atoms with Crippen LogP contribution in [0.4, 0.5) is 4.79 Å². The van der Waals surface area contributed by atoms with Crippen LogP contribution in [0.15, 0.2) is 24.3 Å². The van der Waals surface area contributed by atoms with Crippen molar-refractivity contribution in [2.45, 2.75) is 32.9 Å². The average molecular weight is 313 g/mol. The van der Waals surface area contributed by atoms with Gasteiger partial charge >= 0.3 is 12.0 Å². The van der Waals surface area contributed by atoms with Crippen molar-refractivity contribution in [1.29, 1.82) is 0 Å². The molecule has 0 aliphatic rings. The Morgan fingerprint density at radius 2 is 1.90 bits per heavy atom. The largest absolute Gasteiger partial charge is 0.480 e. The third-order valence-electron chi connectivity index (χ3n) is 3.44. The van der Waals surface area contributed by atoms with Crippen molar-refractivity contribution in [1.82, 2.24) is 10.2 Å². The van der Waals surface area contributed by atoms with E-state index in [4.69, 9.17) is 11.6 Å². The summed E-state index contributed by atoms with van der Waals surface area (Å²) in [5.41, 5.74) is 0.924. The van der Waals surface area contributed by atoms with Gasteiger partial charge < -0.3 is 15.3 Å². The first-order valence-corrected chi connectivity index (χ1v) is 7.21. The number of carboxylic acid groups (broad SMARTS) is 1. The highest BCUT2D eigenvalue weighted by atomic mass is 35.5. The molecule has 0 aliphatic carbocycles. The molecule has 0 radical (unpaired) electrons. The predicted molar refractivity (Wildman–Crippen MR) is 82.3 cm³/mol. The fraction of sp³-hybridized carbons (Fsp3) is 0.467. The number of nitrogens with zero attached hydrogens (tertiary/aromatic N) is 1. The van der Waals surface area contributed by atoms with Gasteiger partial charge in [-0.05, 0) is 23.6 Å². The van der Waals surface area contributed by atoms with Gasteiger partial charge in [-0.3, -0.25) is 0 Å². The summed E-state index contributed by atoms with van der Waals surface area (Å²) in [7, 11) is 1.62. The topological polar surface area (TPSA) is 69.6 Å². The van der Waals surface area contributed by atoms with Crippen LogP contribution in [-0.2, 0) is 11.3 Å². The van der Waals surface area contributed by atoms with Crippen molar-refractivity contribution in [2.24, 2.45) is 5.92 Å². The molecule has 0 aromatic heterocycles. The van der Waals surface area contributed by atoms with Crippen molar-refractivity contribution < 1.29 is 14.7 Å². The quantitative estimate of drug-likeness (QED) is 0.848. The van der Waals surface area contributed by atoms with Gasteiger partial charge in [0.15, 0.2) is 0 Å². The van der Waals surface area contributed by atoms with E-state index in [1.807, 2.05) is 19.1 Å². The summed E-state index contributed by atoms with van der Waals surface area (Å²) in [5, 5.41) is 12.4. The highest BCUT2D eigenvalue weighted by Gasteiger charge is 2.26. The van der Waals surface area contributed by atoms with E-state index in [0.29, 0.717) is 18.0 Å². The summed E-state index contributed by atoms with van der Waals surface area (Å²) in [6.07, 6.45) is 0.679. The van der Waals surface area contributed by atoms with E-state index < -0.39 is 18.0 Å². The van der Waals surface area contributed by atoms with Gasteiger partial charge in [0.05, 0.1) is 0 Å². The number of hydrogen-bond donors (Lipinski definition) is 2. The molecule has 0 saturated carbocycles. The number of benzene rings is 1. The molecule has 5 nitrogen and oxygen atoms in total. The molecule has 0 spiro atoms. The number of carbonyl (C=O) groups is 2. The number of nitrogens with one attached hydrogen (secondary N) is 1. The van der Waals surface area contributed by atoms with E-state index in [1.54, 1.807) is 26.1 Å². The maximum absolute atomic E-state index is 12.1. The summed E-state index contributed by atoms with van der Waals surface area (Å²) < 4.78 is 0. The van der Waals surface area contributed by atoms with Crippen LogP contribution < -0.4 is 5.32 Å². The van der Waals surface area contributed by atoms with Gasteiger partial charge in [-0.15, -0.1) is 0 Å². The molecule has 1 aromatic rings. The molecule has 1 aromatic carbocycles. The monoisotopic (exact) mass is 312 g/mol. The van der Waals surface area contributed by atoms with E-state index in [2.05, 4.69) is 5.32 Å². The zero-order chi connectivity index (χ0) is 16.0. The second kappa shape index (κ2) is 7.88. The van der Waals surface area contributed by atoms with E-state index in [1.165, 1.54) is 4.90 Å². The van der Waals surface area contributed by atoms with Crippen LogP contribution in [-0.4, -0.2) is 35.1 Å².